The summed E-state index contributed by atoms with van der Waals surface area (Å²) in [6.07, 6.45) is 0. The third-order valence-corrected chi connectivity index (χ3v) is 7.01. The fraction of sp³-hybridized carbons (Fsp3) is 0.364. The molecule has 0 aliphatic rings. The summed E-state index contributed by atoms with van der Waals surface area (Å²) in [7, 11) is -1.73. The van der Waals surface area contributed by atoms with Crippen molar-refractivity contribution in [1.29, 1.82) is 0 Å². The van der Waals surface area contributed by atoms with Crippen LogP contribution in [0.2, 0.25) is 0 Å². The molecule has 0 bridgehead atoms. The molecular formula is C22H27NO6S. The average Bonchev–Trinajstić information content (AvgIpc) is 2.71. The number of methoxy groups -OCH3 is 1. The third-order valence-electron chi connectivity index (χ3n) is 4.64. The average molecular weight is 434 g/mol. The zero-order valence-electron chi connectivity index (χ0n) is 18.0. The van der Waals surface area contributed by atoms with E-state index in [9.17, 15) is 18.0 Å². The quantitative estimate of drug-likeness (QED) is 0.648. The van der Waals surface area contributed by atoms with E-state index in [0.29, 0.717) is 5.69 Å². The van der Waals surface area contributed by atoms with Gasteiger partial charge in [0.2, 0.25) is 4.75 Å². The van der Waals surface area contributed by atoms with Gasteiger partial charge in [-0.05, 0) is 57.5 Å². The van der Waals surface area contributed by atoms with Gasteiger partial charge in [-0.15, -0.1) is 0 Å². The van der Waals surface area contributed by atoms with E-state index in [-0.39, 0.29) is 11.1 Å². The molecule has 162 valence electrons. The number of anilines is 1. The van der Waals surface area contributed by atoms with Crippen molar-refractivity contribution in [1.82, 2.24) is 0 Å². The molecule has 0 aliphatic carbocycles. The number of nitrogens with zero attached hydrogens (tertiary/aromatic N) is 1. The minimum Gasteiger partial charge on any atom is -0.468 e. The Labute approximate surface area is 177 Å². The van der Waals surface area contributed by atoms with E-state index in [2.05, 4.69) is 0 Å². The lowest BCUT2D eigenvalue weighted by atomic mass is 9.99. The van der Waals surface area contributed by atoms with Crippen molar-refractivity contribution in [3.63, 3.8) is 0 Å². The number of carbonyl (C=O) groups is 2. The summed E-state index contributed by atoms with van der Waals surface area (Å²) in [5, 5.41) is 0. The summed E-state index contributed by atoms with van der Waals surface area (Å²) in [4.78, 5) is 25.0. The predicted octanol–water partition coefficient (Wildman–Crippen LogP) is 3.50. The molecule has 0 aliphatic heterocycles. The van der Waals surface area contributed by atoms with Crippen LogP contribution in [0.4, 0.5) is 5.69 Å². The largest absolute Gasteiger partial charge is 0.468 e. The van der Waals surface area contributed by atoms with Gasteiger partial charge in [0.15, 0.2) is 0 Å². The molecule has 0 N–H and O–H groups in total. The highest BCUT2D eigenvalue weighted by atomic mass is 32.2. The summed E-state index contributed by atoms with van der Waals surface area (Å²) in [5.41, 5.74) is 0.148. The highest BCUT2D eigenvalue weighted by molar-refractivity contribution is 7.94. The van der Waals surface area contributed by atoms with Gasteiger partial charge in [-0.3, -0.25) is 4.31 Å². The van der Waals surface area contributed by atoms with Crippen LogP contribution < -0.4 is 4.31 Å². The molecule has 0 aromatic heterocycles. The van der Waals surface area contributed by atoms with Gasteiger partial charge in [0.25, 0.3) is 10.0 Å². The van der Waals surface area contributed by atoms with Gasteiger partial charge in [0.05, 0.1) is 18.4 Å². The molecule has 0 heterocycles. The van der Waals surface area contributed by atoms with E-state index >= 15 is 0 Å². The van der Waals surface area contributed by atoms with Crippen LogP contribution in [-0.4, -0.2) is 40.1 Å². The number of carbonyl (C=O) groups excluding carboxylic acids is 2. The molecule has 8 heteroatoms. The molecular weight excluding hydrogens is 406 g/mol. The van der Waals surface area contributed by atoms with Crippen LogP contribution >= 0.6 is 0 Å². The molecule has 0 spiro atoms. The number of hydrogen-bond donors (Lipinski definition) is 0. The van der Waals surface area contributed by atoms with Crippen LogP contribution in [0.3, 0.4) is 0 Å². The second kappa shape index (κ2) is 8.47. The molecule has 2 aromatic rings. The van der Waals surface area contributed by atoms with Crippen molar-refractivity contribution in [2.75, 3.05) is 18.5 Å². The van der Waals surface area contributed by atoms with Crippen LogP contribution in [0.5, 0.6) is 0 Å². The summed E-state index contributed by atoms with van der Waals surface area (Å²) >= 11 is 0. The Morgan fingerprint density at radius 3 is 1.90 bits per heavy atom. The molecule has 0 amide bonds. The fourth-order valence-electron chi connectivity index (χ4n) is 2.88. The number of ether oxygens (including phenoxy) is 2. The Morgan fingerprint density at radius 1 is 0.900 bits per heavy atom. The lowest BCUT2D eigenvalue weighted by Crippen LogP contribution is -2.49. The van der Waals surface area contributed by atoms with E-state index in [0.717, 1.165) is 11.4 Å². The van der Waals surface area contributed by atoms with Crippen molar-refractivity contribution in [2.45, 2.75) is 38.0 Å². The summed E-state index contributed by atoms with van der Waals surface area (Å²) in [6, 6.07) is 14.1. The van der Waals surface area contributed by atoms with Crippen LogP contribution in [-0.2, 0) is 29.0 Å². The van der Waals surface area contributed by atoms with Gasteiger partial charge in [-0.2, -0.15) is 0 Å². The third kappa shape index (κ3) is 4.48. The Bertz CT molecular complexity index is 1010. The number of rotatable bonds is 6. The first-order valence-electron chi connectivity index (χ1n) is 9.30. The molecule has 2 rings (SSSR count). The molecule has 1 atom stereocenters. The van der Waals surface area contributed by atoms with E-state index in [1.54, 1.807) is 51.1 Å². The van der Waals surface area contributed by atoms with E-state index in [1.807, 2.05) is 0 Å². The maximum atomic E-state index is 13.5. The number of benzene rings is 2. The molecule has 7 nitrogen and oxygen atoms in total. The first-order valence-corrected chi connectivity index (χ1v) is 10.7. The summed E-state index contributed by atoms with van der Waals surface area (Å²) in [5.74, 6) is -1.48. The van der Waals surface area contributed by atoms with Crippen LogP contribution in [0, 0.1) is 0 Å². The standard InChI is InChI=1S/C22H27NO6S/c1-21(2,3)29-19(24)16-12-14-17(15-13-16)22(4,20(25)28-6)30(26,27)23(5)18-10-8-7-9-11-18/h7-15H,1-6H3. The predicted molar refractivity (Wildman–Crippen MR) is 115 cm³/mol. The van der Waals surface area contributed by atoms with Gasteiger partial charge in [-0.25, -0.2) is 18.0 Å². The Kier molecular flexibility index (Phi) is 6.61. The van der Waals surface area contributed by atoms with Gasteiger partial charge in [0, 0.05) is 7.05 Å². The first kappa shape index (κ1) is 23.4. The fourth-order valence-corrected chi connectivity index (χ4v) is 4.55. The maximum Gasteiger partial charge on any atom is 0.338 e. The minimum atomic E-state index is -4.24. The van der Waals surface area contributed by atoms with Crippen molar-refractivity contribution in [3.05, 3.63) is 65.7 Å². The highest BCUT2D eigenvalue weighted by Crippen LogP contribution is 2.36. The molecule has 2 aromatic carbocycles. The number of sulfonamides is 1. The van der Waals surface area contributed by atoms with Crippen molar-refractivity contribution in [3.8, 4) is 0 Å². The van der Waals surface area contributed by atoms with Gasteiger partial charge in [-0.1, -0.05) is 30.3 Å². The second-order valence-electron chi connectivity index (χ2n) is 7.91. The number of hydrogen-bond acceptors (Lipinski definition) is 6. The van der Waals surface area contributed by atoms with Crippen LogP contribution in [0.15, 0.2) is 54.6 Å². The van der Waals surface area contributed by atoms with E-state index in [1.165, 1.54) is 38.2 Å². The smallest absolute Gasteiger partial charge is 0.338 e. The van der Waals surface area contributed by atoms with Gasteiger partial charge >= 0.3 is 11.9 Å². The van der Waals surface area contributed by atoms with Crippen LogP contribution in [0.1, 0.15) is 43.6 Å². The van der Waals surface area contributed by atoms with Gasteiger partial charge < -0.3 is 9.47 Å². The Balaban J connectivity index is 2.51. The van der Waals surface area contributed by atoms with Crippen LogP contribution in [0.25, 0.3) is 0 Å². The normalized spacial score (nSPS) is 13.8. The molecule has 0 fully saturated rings. The molecule has 0 saturated carbocycles. The minimum absolute atomic E-state index is 0.171. The number of para-hydroxylation sites is 1. The summed E-state index contributed by atoms with van der Waals surface area (Å²) < 4.78 is 36.2. The van der Waals surface area contributed by atoms with Crippen molar-refractivity contribution >= 4 is 27.6 Å². The topological polar surface area (TPSA) is 90.0 Å². The Morgan fingerprint density at radius 2 is 1.43 bits per heavy atom. The molecule has 1 unspecified atom stereocenters. The van der Waals surface area contributed by atoms with E-state index in [4.69, 9.17) is 9.47 Å². The number of esters is 2. The highest BCUT2D eigenvalue weighted by Gasteiger charge is 2.51. The van der Waals surface area contributed by atoms with Crippen molar-refractivity contribution in [2.24, 2.45) is 0 Å². The Hall–Kier alpha value is -2.87. The molecule has 0 saturated heterocycles. The summed E-state index contributed by atoms with van der Waals surface area (Å²) in [6.45, 7) is 6.54. The van der Waals surface area contributed by atoms with Crippen molar-refractivity contribution < 1.29 is 27.5 Å². The lowest BCUT2D eigenvalue weighted by Gasteiger charge is -2.32. The monoisotopic (exact) mass is 433 g/mol. The van der Waals surface area contributed by atoms with Gasteiger partial charge in [0.1, 0.15) is 5.60 Å². The first-order chi connectivity index (χ1) is 13.8. The lowest BCUT2D eigenvalue weighted by molar-refractivity contribution is -0.143. The zero-order valence-corrected chi connectivity index (χ0v) is 18.8. The maximum absolute atomic E-state index is 13.5. The SMILES string of the molecule is COC(=O)C(C)(c1ccc(C(=O)OC(C)(C)C)cc1)S(=O)(=O)N(C)c1ccccc1. The molecule has 0 radical (unpaired) electrons. The second-order valence-corrected chi connectivity index (χ2v) is 10.2. The zero-order chi connectivity index (χ0) is 22.7. The van der Waals surface area contributed by atoms with E-state index < -0.39 is 32.3 Å². The molecule has 30 heavy (non-hydrogen) atoms.